The summed E-state index contributed by atoms with van der Waals surface area (Å²) in [6.07, 6.45) is 0.459. The Kier molecular flexibility index (Phi) is 3.39. The van der Waals surface area contributed by atoms with Crippen LogP contribution in [0.4, 0.5) is 0 Å². The van der Waals surface area contributed by atoms with E-state index in [0.29, 0.717) is 0 Å². The molecule has 4 nitrogen and oxygen atoms in total. The Bertz CT molecular complexity index is 204. The molecule has 0 aliphatic carbocycles. The number of allylic oxidation sites excluding steroid dienone is 1. The predicted octanol–water partition coefficient (Wildman–Crippen LogP) is 1.37. The van der Waals surface area contributed by atoms with E-state index in [4.69, 9.17) is 0 Å². The fraction of sp³-hybridized carbons (Fsp3) is 0.750. The maximum absolute atomic E-state index is 10.5. The fourth-order valence-electron chi connectivity index (χ4n) is 0.628. The van der Waals surface area contributed by atoms with E-state index >= 15 is 0 Å². The Labute approximate surface area is 72.1 Å². The van der Waals surface area contributed by atoms with E-state index in [2.05, 4.69) is 0 Å². The zero-order chi connectivity index (χ0) is 9.94. The van der Waals surface area contributed by atoms with Gasteiger partial charge in [0, 0.05) is 18.8 Å². The van der Waals surface area contributed by atoms with Crippen molar-refractivity contribution in [3.63, 3.8) is 0 Å². The number of hydrogen-bond donors (Lipinski definition) is 1. The van der Waals surface area contributed by atoms with Gasteiger partial charge in [0.2, 0.25) is 5.54 Å². The van der Waals surface area contributed by atoms with Crippen LogP contribution in [0, 0.1) is 10.1 Å². The Balaban J connectivity index is 4.57. The molecule has 0 bridgehead atoms. The number of hydrogen-bond acceptors (Lipinski definition) is 3. The van der Waals surface area contributed by atoms with Crippen molar-refractivity contribution in [1.29, 1.82) is 0 Å². The quantitative estimate of drug-likeness (QED) is 0.398. The standard InChI is InChI=1S/C8H15NO3/c1-6(2)5-7(10)8(3,4)9(11)12/h5,7,10H,1-4H3. The largest absolute Gasteiger partial charge is 0.382 e. The predicted molar refractivity (Wildman–Crippen MR) is 46.5 cm³/mol. The second-order valence-corrected chi connectivity index (χ2v) is 3.60. The summed E-state index contributed by atoms with van der Waals surface area (Å²) in [6.45, 7) is 6.38. The topological polar surface area (TPSA) is 63.4 Å². The van der Waals surface area contributed by atoms with Crippen LogP contribution in [-0.2, 0) is 0 Å². The monoisotopic (exact) mass is 173 g/mol. The smallest absolute Gasteiger partial charge is 0.245 e. The maximum Gasteiger partial charge on any atom is 0.245 e. The van der Waals surface area contributed by atoms with Crippen molar-refractivity contribution in [2.24, 2.45) is 0 Å². The van der Waals surface area contributed by atoms with Gasteiger partial charge in [0.25, 0.3) is 0 Å². The van der Waals surface area contributed by atoms with Gasteiger partial charge in [0.05, 0.1) is 0 Å². The molecule has 12 heavy (non-hydrogen) atoms. The molecule has 0 aliphatic heterocycles. The fourth-order valence-corrected chi connectivity index (χ4v) is 0.628. The molecular weight excluding hydrogens is 158 g/mol. The van der Waals surface area contributed by atoms with Gasteiger partial charge in [0.1, 0.15) is 6.10 Å². The third-order valence-electron chi connectivity index (χ3n) is 1.69. The Hall–Kier alpha value is -0.900. The summed E-state index contributed by atoms with van der Waals surface area (Å²) in [5.41, 5.74) is -0.436. The van der Waals surface area contributed by atoms with E-state index in [0.717, 1.165) is 5.57 Å². The van der Waals surface area contributed by atoms with Crippen molar-refractivity contribution in [2.45, 2.75) is 39.3 Å². The van der Waals surface area contributed by atoms with Gasteiger partial charge >= 0.3 is 0 Å². The van der Waals surface area contributed by atoms with Gasteiger partial charge in [-0.25, -0.2) is 0 Å². The summed E-state index contributed by atoms with van der Waals surface area (Å²) in [7, 11) is 0. The molecule has 0 radical (unpaired) electrons. The van der Waals surface area contributed by atoms with Crippen molar-refractivity contribution >= 4 is 0 Å². The normalized spacial score (nSPS) is 13.8. The molecule has 4 heteroatoms. The summed E-state index contributed by atoms with van der Waals surface area (Å²) in [5, 5.41) is 19.9. The van der Waals surface area contributed by atoms with Crippen LogP contribution in [-0.4, -0.2) is 21.7 Å². The van der Waals surface area contributed by atoms with Crippen molar-refractivity contribution in [3.05, 3.63) is 21.8 Å². The highest BCUT2D eigenvalue weighted by Gasteiger charge is 2.38. The lowest BCUT2D eigenvalue weighted by atomic mass is 9.97. The number of nitrogens with zero attached hydrogens (tertiary/aromatic N) is 1. The van der Waals surface area contributed by atoms with Gasteiger partial charge in [-0.15, -0.1) is 0 Å². The van der Waals surface area contributed by atoms with Crippen LogP contribution in [0.3, 0.4) is 0 Å². The minimum absolute atomic E-state index is 0.475. The summed E-state index contributed by atoms with van der Waals surface area (Å²) in [4.78, 5) is 9.99. The average Bonchev–Trinajstić information content (AvgIpc) is 1.85. The first-order chi connectivity index (χ1) is 5.28. The highest BCUT2D eigenvalue weighted by molar-refractivity contribution is 5.02. The molecule has 1 N–H and O–H groups in total. The maximum atomic E-state index is 10.5. The zero-order valence-corrected chi connectivity index (χ0v) is 7.87. The third kappa shape index (κ3) is 2.62. The van der Waals surface area contributed by atoms with Gasteiger partial charge in [-0.3, -0.25) is 10.1 Å². The molecule has 0 amide bonds. The lowest BCUT2D eigenvalue weighted by molar-refractivity contribution is -0.570. The Morgan fingerprint density at radius 3 is 2.25 bits per heavy atom. The van der Waals surface area contributed by atoms with Gasteiger partial charge in [-0.2, -0.15) is 0 Å². The highest BCUT2D eigenvalue weighted by atomic mass is 16.6. The summed E-state index contributed by atoms with van der Waals surface area (Å²) >= 11 is 0. The minimum Gasteiger partial charge on any atom is -0.382 e. The lowest BCUT2D eigenvalue weighted by Gasteiger charge is -2.19. The second kappa shape index (κ2) is 3.67. The van der Waals surface area contributed by atoms with Crippen LogP contribution in [0.1, 0.15) is 27.7 Å². The SMILES string of the molecule is CC(C)=CC(O)C(C)(C)[N+](=O)[O-]. The van der Waals surface area contributed by atoms with Crippen LogP contribution in [0.5, 0.6) is 0 Å². The molecule has 70 valence electrons. The Morgan fingerprint density at radius 2 is 2.00 bits per heavy atom. The minimum atomic E-state index is -1.31. The third-order valence-corrected chi connectivity index (χ3v) is 1.69. The first-order valence-corrected chi connectivity index (χ1v) is 3.76. The first kappa shape index (κ1) is 11.1. The summed E-state index contributed by atoms with van der Waals surface area (Å²) in [5.74, 6) is 0. The lowest BCUT2D eigenvalue weighted by Crippen LogP contribution is -2.42. The molecule has 0 aliphatic rings. The van der Waals surface area contributed by atoms with E-state index in [-0.39, 0.29) is 0 Å². The molecule has 0 fully saturated rings. The molecule has 0 aromatic carbocycles. The van der Waals surface area contributed by atoms with E-state index < -0.39 is 16.6 Å². The van der Waals surface area contributed by atoms with E-state index in [1.54, 1.807) is 13.8 Å². The van der Waals surface area contributed by atoms with Crippen LogP contribution in [0.2, 0.25) is 0 Å². The number of aliphatic hydroxyl groups is 1. The first-order valence-electron chi connectivity index (χ1n) is 3.76. The van der Waals surface area contributed by atoms with Crippen molar-refractivity contribution in [3.8, 4) is 0 Å². The van der Waals surface area contributed by atoms with Crippen LogP contribution in [0.15, 0.2) is 11.6 Å². The number of nitro groups is 1. The van der Waals surface area contributed by atoms with Crippen molar-refractivity contribution < 1.29 is 10.0 Å². The van der Waals surface area contributed by atoms with E-state index in [9.17, 15) is 15.2 Å². The number of aliphatic hydroxyl groups excluding tert-OH is 1. The van der Waals surface area contributed by atoms with E-state index in [1.807, 2.05) is 0 Å². The summed E-state index contributed by atoms with van der Waals surface area (Å²) < 4.78 is 0. The van der Waals surface area contributed by atoms with Gasteiger partial charge in [-0.05, 0) is 13.8 Å². The van der Waals surface area contributed by atoms with Crippen LogP contribution >= 0.6 is 0 Å². The van der Waals surface area contributed by atoms with Gasteiger partial charge < -0.3 is 5.11 Å². The Morgan fingerprint density at radius 1 is 1.58 bits per heavy atom. The number of rotatable bonds is 3. The average molecular weight is 173 g/mol. The summed E-state index contributed by atoms with van der Waals surface area (Å²) in [6, 6.07) is 0. The molecular formula is C8H15NO3. The second-order valence-electron chi connectivity index (χ2n) is 3.60. The molecule has 0 heterocycles. The zero-order valence-electron chi connectivity index (χ0n) is 7.87. The molecule has 1 atom stereocenters. The molecule has 0 spiro atoms. The van der Waals surface area contributed by atoms with Crippen LogP contribution < -0.4 is 0 Å². The van der Waals surface area contributed by atoms with Crippen molar-refractivity contribution in [1.82, 2.24) is 0 Å². The molecule has 0 aromatic rings. The van der Waals surface area contributed by atoms with E-state index in [1.165, 1.54) is 19.9 Å². The molecule has 0 saturated heterocycles. The highest BCUT2D eigenvalue weighted by Crippen LogP contribution is 2.15. The van der Waals surface area contributed by atoms with Gasteiger partial charge in [0.15, 0.2) is 0 Å². The van der Waals surface area contributed by atoms with Crippen LogP contribution in [0.25, 0.3) is 0 Å². The van der Waals surface area contributed by atoms with Crippen molar-refractivity contribution in [2.75, 3.05) is 0 Å². The molecule has 0 saturated carbocycles. The molecule has 0 aromatic heterocycles. The van der Waals surface area contributed by atoms with Gasteiger partial charge in [-0.1, -0.05) is 11.6 Å². The molecule has 0 rings (SSSR count). The molecule has 1 unspecified atom stereocenters.